The van der Waals surface area contributed by atoms with E-state index in [1.807, 2.05) is 0 Å². The van der Waals surface area contributed by atoms with Gasteiger partial charge in [0.1, 0.15) is 7.11 Å². The molecule has 6 unspecified atom stereocenters. The van der Waals surface area contributed by atoms with Gasteiger partial charge in [-0.2, -0.15) is 0 Å². The number of rotatable bonds is 8. The second-order valence-electron chi connectivity index (χ2n) is 11.7. The van der Waals surface area contributed by atoms with Crippen LogP contribution in [0.15, 0.2) is 69.8 Å². The van der Waals surface area contributed by atoms with Crippen LogP contribution in [0.4, 0.5) is 0 Å². The van der Waals surface area contributed by atoms with E-state index in [0.29, 0.717) is 41.9 Å². The lowest BCUT2D eigenvalue weighted by Crippen LogP contribution is -2.36. The molecule has 0 radical (unpaired) electrons. The summed E-state index contributed by atoms with van der Waals surface area (Å²) in [5.41, 5.74) is 4.08. The van der Waals surface area contributed by atoms with Gasteiger partial charge >= 0.3 is 0 Å². The molecule has 6 nitrogen and oxygen atoms in total. The predicted molar refractivity (Wildman–Crippen MR) is 152 cm³/mol. The maximum Gasteiger partial charge on any atom is 0.178 e. The first-order valence-electron chi connectivity index (χ1n) is 13.9. The highest BCUT2D eigenvalue weighted by molar-refractivity contribution is 7.91. The van der Waals surface area contributed by atoms with Crippen LogP contribution in [-0.2, 0) is 14.7 Å². The van der Waals surface area contributed by atoms with E-state index in [1.54, 1.807) is 30.5 Å². The molecule has 0 aliphatic heterocycles. The molecule has 3 aliphatic carbocycles. The maximum absolute atomic E-state index is 13.1. The van der Waals surface area contributed by atoms with Crippen molar-refractivity contribution in [3.63, 3.8) is 0 Å². The number of hydrogen-bond acceptors (Lipinski definition) is 6. The van der Waals surface area contributed by atoms with Crippen molar-refractivity contribution < 1.29 is 23.5 Å². The van der Waals surface area contributed by atoms with Crippen LogP contribution in [0.2, 0.25) is 0 Å². The van der Waals surface area contributed by atoms with Crippen LogP contribution in [-0.4, -0.2) is 49.9 Å². The minimum Gasteiger partial charge on any atom is -0.399 e. The minimum absolute atomic E-state index is 0.151. The van der Waals surface area contributed by atoms with E-state index in [-0.39, 0.29) is 11.2 Å². The molecule has 0 bridgehead atoms. The van der Waals surface area contributed by atoms with Crippen molar-refractivity contribution in [3.8, 4) is 0 Å². The first-order chi connectivity index (χ1) is 18.0. The number of oxime groups is 1. The molecule has 1 aromatic rings. The highest BCUT2D eigenvalue weighted by Gasteiger charge is 2.50. The largest absolute Gasteiger partial charge is 0.399 e. The second kappa shape index (κ2) is 11.9. The number of aliphatic hydroxyl groups is 2. The van der Waals surface area contributed by atoms with E-state index in [2.05, 4.69) is 42.6 Å². The molecule has 208 valence electrons. The van der Waals surface area contributed by atoms with Crippen molar-refractivity contribution in [2.75, 3.05) is 12.9 Å². The van der Waals surface area contributed by atoms with Crippen LogP contribution < -0.4 is 0 Å². The molecule has 0 aromatic heterocycles. The lowest BCUT2D eigenvalue weighted by Gasteiger charge is -2.44. The molecule has 0 heterocycles. The van der Waals surface area contributed by atoms with Crippen molar-refractivity contribution in [1.29, 1.82) is 0 Å². The van der Waals surface area contributed by atoms with Gasteiger partial charge in [0.05, 0.1) is 29.1 Å². The van der Waals surface area contributed by atoms with Crippen LogP contribution in [0.25, 0.3) is 0 Å². The highest BCUT2D eigenvalue weighted by atomic mass is 32.2. The fraction of sp³-hybridized carbons (Fsp3) is 0.581. The smallest absolute Gasteiger partial charge is 0.178 e. The van der Waals surface area contributed by atoms with Gasteiger partial charge in [0, 0.05) is 6.42 Å². The van der Waals surface area contributed by atoms with E-state index >= 15 is 0 Å². The van der Waals surface area contributed by atoms with Gasteiger partial charge in [-0.1, -0.05) is 55.4 Å². The summed E-state index contributed by atoms with van der Waals surface area (Å²) >= 11 is 0. The van der Waals surface area contributed by atoms with Gasteiger partial charge < -0.3 is 15.1 Å². The van der Waals surface area contributed by atoms with Gasteiger partial charge in [-0.05, 0) is 97.0 Å². The predicted octanol–water partition coefficient (Wildman–Crippen LogP) is 5.61. The number of benzene rings is 1. The molecule has 3 aliphatic rings. The molecule has 3 fully saturated rings. The summed E-state index contributed by atoms with van der Waals surface area (Å²) in [5.74, 6) is 1.44. The highest BCUT2D eigenvalue weighted by Crippen LogP contribution is 2.59. The van der Waals surface area contributed by atoms with Crippen LogP contribution in [0.3, 0.4) is 0 Å². The Morgan fingerprint density at radius 3 is 2.66 bits per heavy atom. The maximum atomic E-state index is 13.1. The number of allylic oxidation sites excluding steroid dienone is 3. The average Bonchev–Trinajstić information content (AvgIpc) is 3.25. The van der Waals surface area contributed by atoms with Gasteiger partial charge in [0.2, 0.25) is 0 Å². The zero-order valence-corrected chi connectivity index (χ0v) is 23.8. The number of aliphatic hydroxyl groups excluding tert-OH is 2. The Bertz CT molecular complexity index is 1200. The van der Waals surface area contributed by atoms with Gasteiger partial charge in [-0.15, -0.1) is 0 Å². The Balaban J connectivity index is 1.42. The third-order valence-corrected chi connectivity index (χ3v) is 11.1. The molecule has 38 heavy (non-hydrogen) atoms. The molecule has 1 aromatic carbocycles. The average molecular weight is 542 g/mol. The molecular formula is C31H43NO5S. The zero-order valence-electron chi connectivity index (χ0n) is 23.0. The van der Waals surface area contributed by atoms with Crippen LogP contribution in [0.5, 0.6) is 0 Å². The number of nitrogens with zero attached hydrogens (tertiary/aromatic N) is 1. The quantitative estimate of drug-likeness (QED) is 0.330. The van der Waals surface area contributed by atoms with E-state index in [1.165, 1.54) is 19.1 Å². The molecule has 0 amide bonds. The molecule has 3 saturated carbocycles. The van der Waals surface area contributed by atoms with Crippen molar-refractivity contribution in [2.45, 2.75) is 82.3 Å². The minimum atomic E-state index is -3.36. The molecular weight excluding hydrogens is 498 g/mol. The van der Waals surface area contributed by atoms with Crippen molar-refractivity contribution in [3.05, 3.63) is 65.3 Å². The Morgan fingerprint density at radius 1 is 1.21 bits per heavy atom. The fourth-order valence-corrected chi connectivity index (χ4v) is 8.68. The summed E-state index contributed by atoms with van der Waals surface area (Å²) in [5, 5.41) is 24.0. The number of fused-ring (bicyclic) bond motifs is 1. The Labute approximate surface area is 228 Å². The second-order valence-corrected chi connectivity index (χ2v) is 13.8. The van der Waals surface area contributed by atoms with Crippen molar-refractivity contribution in [2.24, 2.45) is 28.3 Å². The Kier molecular flexibility index (Phi) is 9.00. The van der Waals surface area contributed by atoms with Crippen LogP contribution in [0, 0.1) is 23.2 Å². The monoisotopic (exact) mass is 541 g/mol. The van der Waals surface area contributed by atoms with Gasteiger partial charge in [0.15, 0.2) is 9.84 Å². The summed E-state index contributed by atoms with van der Waals surface area (Å²) in [6, 6.07) is 6.79. The van der Waals surface area contributed by atoms with Gasteiger partial charge in [-0.25, -0.2) is 8.42 Å². The Hall–Kier alpha value is -2.22. The van der Waals surface area contributed by atoms with E-state index in [4.69, 9.17) is 0 Å². The molecule has 6 atom stereocenters. The lowest BCUT2D eigenvalue weighted by molar-refractivity contribution is 0.0861. The SMILES string of the molecule is C=C1/C(=C\C=C2/CCCC3(C)C2CCC3C(C)CCS(=O)(=O)c2ccc(/C=N/OC)cc2)CC(O)CC1O. The third kappa shape index (κ3) is 6.16. The van der Waals surface area contributed by atoms with Gasteiger partial charge in [0.25, 0.3) is 0 Å². The summed E-state index contributed by atoms with van der Waals surface area (Å²) < 4.78 is 26.2. The van der Waals surface area contributed by atoms with Crippen LogP contribution >= 0.6 is 0 Å². The summed E-state index contributed by atoms with van der Waals surface area (Å²) in [6.45, 7) is 8.69. The normalized spacial score (nSPS) is 33.1. The van der Waals surface area contributed by atoms with Crippen molar-refractivity contribution >= 4 is 16.1 Å². The lowest BCUT2D eigenvalue weighted by atomic mass is 9.61. The Morgan fingerprint density at radius 2 is 1.95 bits per heavy atom. The number of sulfone groups is 1. The van der Waals surface area contributed by atoms with E-state index < -0.39 is 22.0 Å². The molecule has 0 saturated heterocycles. The first kappa shape index (κ1) is 28.8. The fourth-order valence-electron chi connectivity index (χ4n) is 7.21. The molecule has 2 N–H and O–H groups in total. The summed E-state index contributed by atoms with van der Waals surface area (Å²) in [4.78, 5) is 5.04. The van der Waals surface area contributed by atoms with E-state index in [0.717, 1.165) is 42.4 Å². The van der Waals surface area contributed by atoms with E-state index in [9.17, 15) is 18.6 Å². The zero-order chi connectivity index (χ0) is 27.5. The molecule has 0 spiro atoms. The van der Waals surface area contributed by atoms with Gasteiger partial charge in [-0.3, -0.25) is 0 Å². The third-order valence-electron chi connectivity index (χ3n) is 9.38. The topological polar surface area (TPSA) is 96.2 Å². The van der Waals surface area contributed by atoms with Crippen molar-refractivity contribution in [1.82, 2.24) is 0 Å². The summed E-state index contributed by atoms with van der Waals surface area (Å²) in [7, 11) is -1.89. The number of hydrogen-bond donors (Lipinski definition) is 2. The summed E-state index contributed by atoms with van der Waals surface area (Å²) in [6.07, 6.45) is 11.8. The standard InChI is InChI=1S/C31H43NO5S/c1-21(15-17-38(35,36)27-11-7-23(8-12-27)20-32-37-4)28-13-14-29-24(6-5-16-31(28,29)3)9-10-25-18-26(33)19-30(34)22(25)2/h7-12,20-21,26,28-30,33-34H,2,5-6,13-19H2,1,3-4H3/b24-9+,25-10-,32-20+. The molecule has 7 heteroatoms. The first-order valence-corrected chi connectivity index (χ1v) is 15.5. The molecule has 4 rings (SSSR count). The van der Waals surface area contributed by atoms with Crippen LogP contribution in [0.1, 0.15) is 70.8 Å².